The van der Waals surface area contributed by atoms with Crippen molar-refractivity contribution in [2.45, 2.75) is 19.3 Å². The fourth-order valence-electron chi connectivity index (χ4n) is 1.45. The van der Waals surface area contributed by atoms with Crippen molar-refractivity contribution in [1.29, 1.82) is 0 Å². The molecule has 94 valence electrons. The molecule has 1 heterocycles. The summed E-state index contributed by atoms with van der Waals surface area (Å²) < 4.78 is 10.6. The number of anilines is 1. The quantitative estimate of drug-likeness (QED) is 0.698. The van der Waals surface area contributed by atoms with Gasteiger partial charge in [0.1, 0.15) is 0 Å². The zero-order chi connectivity index (χ0) is 11.9. The first-order chi connectivity index (χ1) is 8.38. The van der Waals surface area contributed by atoms with Crippen LogP contribution < -0.4 is 10.1 Å². The fraction of sp³-hybridized carbons (Fsp3) is 0.667. The third kappa shape index (κ3) is 4.56. The molecule has 1 fully saturated rings. The van der Waals surface area contributed by atoms with Crippen LogP contribution in [0.15, 0.2) is 12.3 Å². The summed E-state index contributed by atoms with van der Waals surface area (Å²) in [6.07, 6.45) is 5.33. The Morgan fingerprint density at radius 1 is 1.47 bits per heavy atom. The monoisotopic (exact) mass is 237 g/mol. The Hall–Kier alpha value is -1.36. The molecule has 5 nitrogen and oxygen atoms in total. The maximum atomic E-state index is 5.53. The molecule has 1 aromatic rings. The lowest BCUT2D eigenvalue weighted by atomic mass is 10.4. The van der Waals surface area contributed by atoms with Gasteiger partial charge in [-0.1, -0.05) is 0 Å². The second kappa shape index (κ2) is 6.39. The first-order valence-corrected chi connectivity index (χ1v) is 6.07. The van der Waals surface area contributed by atoms with Gasteiger partial charge in [-0.05, 0) is 25.2 Å². The number of aromatic nitrogens is 2. The Morgan fingerprint density at radius 3 is 3.12 bits per heavy atom. The van der Waals surface area contributed by atoms with E-state index in [-0.39, 0.29) is 0 Å². The van der Waals surface area contributed by atoms with Crippen LogP contribution >= 0.6 is 0 Å². The molecule has 0 aromatic carbocycles. The van der Waals surface area contributed by atoms with Crippen LogP contribution in [0.5, 0.6) is 5.88 Å². The normalized spacial score (nSPS) is 14.6. The van der Waals surface area contributed by atoms with Crippen molar-refractivity contribution in [3.8, 4) is 5.88 Å². The minimum atomic E-state index is 0.576. The Morgan fingerprint density at radius 2 is 2.35 bits per heavy atom. The molecule has 1 aliphatic rings. The summed E-state index contributed by atoms with van der Waals surface area (Å²) in [5, 5.41) is 3.14. The molecular formula is C12H19N3O2. The van der Waals surface area contributed by atoms with Crippen LogP contribution in [0, 0.1) is 5.92 Å². The van der Waals surface area contributed by atoms with Gasteiger partial charge in [-0.25, -0.2) is 4.98 Å². The second-order valence-corrected chi connectivity index (χ2v) is 4.22. The first kappa shape index (κ1) is 12.1. The maximum Gasteiger partial charge on any atom is 0.225 e. The lowest BCUT2D eigenvalue weighted by molar-refractivity contribution is 0.124. The van der Waals surface area contributed by atoms with Crippen molar-refractivity contribution in [3.05, 3.63) is 12.3 Å². The van der Waals surface area contributed by atoms with Gasteiger partial charge >= 0.3 is 0 Å². The van der Waals surface area contributed by atoms with Gasteiger partial charge in [-0.3, -0.25) is 0 Å². The SMILES string of the molecule is COc1ccnc(NCCCOCC2CC2)n1. The molecule has 0 unspecified atom stereocenters. The van der Waals surface area contributed by atoms with Crippen LogP contribution in [0.25, 0.3) is 0 Å². The van der Waals surface area contributed by atoms with E-state index in [4.69, 9.17) is 9.47 Å². The summed E-state index contributed by atoms with van der Waals surface area (Å²) in [7, 11) is 1.60. The summed E-state index contributed by atoms with van der Waals surface area (Å²) in [6, 6.07) is 1.73. The molecule has 17 heavy (non-hydrogen) atoms. The molecule has 0 spiro atoms. The van der Waals surface area contributed by atoms with E-state index >= 15 is 0 Å². The lowest BCUT2D eigenvalue weighted by Crippen LogP contribution is -2.09. The predicted octanol–water partition coefficient (Wildman–Crippen LogP) is 1.71. The third-order valence-corrected chi connectivity index (χ3v) is 2.64. The standard InChI is InChI=1S/C12H19N3O2/c1-16-11-5-7-14-12(15-11)13-6-2-8-17-9-10-3-4-10/h5,7,10H,2-4,6,8-9H2,1H3,(H,13,14,15). The number of rotatable bonds is 8. The molecule has 0 bridgehead atoms. The van der Waals surface area contributed by atoms with Crippen LogP contribution in [0.3, 0.4) is 0 Å². The first-order valence-electron chi connectivity index (χ1n) is 6.07. The van der Waals surface area contributed by atoms with Gasteiger partial charge in [0, 0.05) is 32.0 Å². The Bertz CT molecular complexity index is 342. The van der Waals surface area contributed by atoms with Crippen molar-refractivity contribution in [2.75, 3.05) is 32.2 Å². The summed E-state index contributed by atoms with van der Waals surface area (Å²) >= 11 is 0. The van der Waals surface area contributed by atoms with Crippen LogP contribution in [-0.4, -0.2) is 36.8 Å². The molecule has 0 saturated heterocycles. The van der Waals surface area contributed by atoms with E-state index in [9.17, 15) is 0 Å². The van der Waals surface area contributed by atoms with Gasteiger partial charge in [-0.2, -0.15) is 4.98 Å². The van der Waals surface area contributed by atoms with Crippen molar-refractivity contribution in [2.24, 2.45) is 5.92 Å². The molecule has 0 atom stereocenters. The predicted molar refractivity (Wildman–Crippen MR) is 65.2 cm³/mol. The number of methoxy groups -OCH3 is 1. The summed E-state index contributed by atoms with van der Waals surface area (Å²) in [6.45, 7) is 2.54. The average molecular weight is 237 g/mol. The molecule has 5 heteroatoms. The number of nitrogens with one attached hydrogen (secondary N) is 1. The highest BCUT2D eigenvalue weighted by Crippen LogP contribution is 2.28. The molecule has 1 aliphatic carbocycles. The molecule has 1 aromatic heterocycles. The van der Waals surface area contributed by atoms with Gasteiger partial charge < -0.3 is 14.8 Å². The van der Waals surface area contributed by atoms with Gasteiger partial charge in [-0.15, -0.1) is 0 Å². The largest absolute Gasteiger partial charge is 0.481 e. The number of nitrogens with zero attached hydrogens (tertiary/aromatic N) is 2. The van der Waals surface area contributed by atoms with Gasteiger partial charge in [0.05, 0.1) is 7.11 Å². The molecule has 0 aliphatic heterocycles. The second-order valence-electron chi connectivity index (χ2n) is 4.22. The van der Waals surface area contributed by atoms with Gasteiger partial charge in [0.25, 0.3) is 0 Å². The topological polar surface area (TPSA) is 56.3 Å². The van der Waals surface area contributed by atoms with Crippen molar-refractivity contribution < 1.29 is 9.47 Å². The molecular weight excluding hydrogens is 218 g/mol. The number of hydrogen-bond donors (Lipinski definition) is 1. The Kier molecular flexibility index (Phi) is 4.55. The smallest absolute Gasteiger partial charge is 0.225 e. The van der Waals surface area contributed by atoms with E-state index in [1.165, 1.54) is 12.8 Å². The highest BCUT2D eigenvalue weighted by Gasteiger charge is 2.20. The van der Waals surface area contributed by atoms with Gasteiger partial charge in [0.15, 0.2) is 0 Å². The summed E-state index contributed by atoms with van der Waals surface area (Å²) in [5.41, 5.74) is 0. The summed E-state index contributed by atoms with van der Waals surface area (Å²) in [4.78, 5) is 8.26. The van der Waals surface area contributed by atoms with E-state index in [2.05, 4.69) is 15.3 Å². The molecule has 2 rings (SSSR count). The molecule has 0 amide bonds. The van der Waals surface area contributed by atoms with Crippen LogP contribution in [0.4, 0.5) is 5.95 Å². The average Bonchev–Trinajstić information content (AvgIpc) is 3.18. The van der Waals surface area contributed by atoms with E-state index in [0.29, 0.717) is 11.8 Å². The van der Waals surface area contributed by atoms with Gasteiger partial charge in [0.2, 0.25) is 11.8 Å². The zero-order valence-electron chi connectivity index (χ0n) is 10.2. The van der Waals surface area contributed by atoms with E-state index in [1.54, 1.807) is 19.4 Å². The van der Waals surface area contributed by atoms with Crippen molar-refractivity contribution in [1.82, 2.24) is 9.97 Å². The minimum absolute atomic E-state index is 0.576. The van der Waals surface area contributed by atoms with E-state index in [0.717, 1.165) is 32.1 Å². The molecule has 1 saturated carbocycles. The van der Waals surface area contributed by atoms with Crippen LogP contribution in [0.2, 0.25) is 0 Å². The van der Waals surface area contributed by atoms with Crippen molar-refractivity contribution in [3.63, 3.8) is 0 Å². The highest BCUT2D eigenvalue weighted by molar-refractivity contribution is 5.26. The molecule has 1 N–H and O–H groups in total. The maximum absolute atomic E-state index is 5.53. The fourth-order valence-corrected chi connectivity index (χ4v) is 1.45. The summed E-state index contributed by atoms with van der Waals surface area (Å²) in [5.74, 6) is 2.02. The molecule has 0 radical (unpaired) electrons. The van der Waals surface area contributed by atoms with E-state index in [1.807, 2.05) is 0 Å². The minimum Gasteiger partial charge on any atom is -0.481 e. The van der Waals surface area contributed by atoms with Crippen molar-refractivity contribution >= 4 is 5.95 Å². The number of hydrogen-bond acceptors (Lipinski definition) is 5. The lowest BCUT2D eigenvalue weighted by Gasteiger charge is -2.06. The van der Waals surface area contributed by atoms with Crippen LogP contribution in [-0.2, 0) is 4.74 Å². The van der Waals surface area contributed by atoms with Crippen LogP contribution in [0.1, 0.15) is 19.3 Å². The Balaban J connectivity index is 1.56. The highest BCUT2D eigenvalue weighted by atomic mass is 16.5. The number of ether oxygens (including phenoxy) is 2. The third-order valence-electron chi connectivity index (χ3n) is 2.64. The zero-order valence-corrected chi connectivity index (χ0v) is 10.2. The Labute approximate surface area is 102 Å². The van der Waals surface area contributed by atoms with E-state index < -0.39 is 0 Å².